The van der Waals surface area contributed by atoms with Gasteiger partial charge in [-0.2, -0.15) is 0 Å². The maximum absolute atomic E-state index is 5.42. The number of hydrogen-bond acceptors (Lipinski definition) is 4. The Morgan fingerprint density at radius 1 is 1.24 bits per heavy atom. The molecule has 21 heavy (non-hydrogen) atoms. The summed E-state index contributed by atoms with van der Waals surface area (Å²) < 4.78 is 5.42. The van der Waals surface area contributed by atoms with Crippen molar-refractivity contribution in [2.45, 2.75) is 20.3 Å². The van der Waals surface area contributed by atoms with Gasteiger partial charge in [0.25, 0.3) is 0 Å². The first-order valence-corrected chi connectivity index (χ1v) is 7.76. The van der Waals surface area contributed by atoms with Crippen LogP contribution in [0.2, 0.25) is 0 Å². The third-order valence-corrected chi connectivity index (χ3v) is 3.91. The van der Waals surface area contributed by atoms with Crippen LogP contribution in [0.25, 0.3) is 10.9 Å². The van der Waals surface area contributed by atoms with E-state index in [0.29, 0.717) is 0 Å². The van der Waals surface area contributed by atoms with Gasteiger partial charge >= 0.3 is 0 Å². The van der Waals surface area contributed by atoms with Gasteiger partial charge in [-0.15, -0.1) is 0 Å². The molecule has 0 spiro atoms. The third kappa shape index (κ3) is 3.10. The summed E-state index contributed by atoms with van der Waals surface area (Å²) in [4.78, 5) is 7.12. The second kappa shape index (κ2) is 6.31. The monoisotopic (exact) mass is 285 g/mol. The lowest BCUT2D eigenvalue weighted by molar-refractivity contribution is 0.122. The predicted octanol–water partition coefficient (Wildman–Crippen LogP) is 3.20. The van der Waals surface area contributed by atoms with Crippen LogP contribution < -0.4 is 10.2 Å². The molecule has 1 aromatic heterocycles. The normalized spacial score (nSPS) is 15.4. The van der Waals surface area contributed by atoms with Gasteiger partial charge in [-0.3, -0.25) is 0 Å². The highest BCUT2D eigenvalue weighted by Crippen LogP contribution is 2.25. The Hall–Kier alpha value is -1.81. The minimum absolute atomic E-state index is 0.815. The van der Waals surface area contributed by atoms with E-state index >= 15 is 0 Å². The number of morpholine rings is 1. The van der Waals surface area contributed by atoms with E-state index in [9.17, 15) is 0 Å². The molecular weight excluding hydrogens is 262 g/mol. The molecule has 3 rings (SSSR count). The van der Waals surface area contributed by atoms with Gasteiger partial charge in [-0.1, -0.05) is 6.92 Å². The molecule has 0 saturated carbocycles. The molecule has 0 amide bonds. The predicted molar refractivity (Wildman–Crippen MR) is 88.3 cm³/mol. The topological polar surface area (TPSA) is 37.4 Å². The number of aryl methyl sites for hydroxylation is 1. The van der Waals surface area contributed by atoms with Crippen LogP contribution in [0.3, 0.4) is 0 Å². The van der Waals surface area contributed by atoms with E-state index in [-0.39, 0.29) is 0 Å². The van der Waals surface area contributed by atoms with Gasteiger partial charge < -0.3 is 15.0 Å². The van der Waals surface area contributed by atoms with E-state index in [1.165, 1.54) is 16.6 Å². The average Bonchev–Trinajstić information content (AvgIpc) is 2.53. The number of ether oxygens (including phenoxy) is 1. The summed E-state index contributed by atoms with van der Waals surface area (Å²) in [6.07, 6.45) is 1.11. The smallest absolute Gasteiger partial charge is 0.129 e. The number of benzene rings is 1. The maximum Gasteiger partial charge on any atom is 0.129 e. The van der Waals surface area contributed by atoms with Gasteiger partial charge in [0, 0.05) is 30.7 Å². The van der Waals surface area contributed by atoms with Crippen molar-refractivity contribution in [3.63, 3.8) is 0 Å². The fourth-order valence-corrected chi connectivity index (χ4v) is 2.71. The molecule has 1 N–H and O–H groups in total. The number of aromatic nitrogens is 1. The Labute approximate surface area is 126 Å². The van der Waals surface area contributed by atoms with Crippen LogP contribution in [0.4, 0.5) is 11.5 Å². The zero-order chi connectivity index (χ0) is 14.7. The van der Waals surface area contributed by atoms with Crippen molar-refractivity contribution in [3.05, 3.63) is 29.8 Å². The standard InChI is InChI=1S/C17H23N3O/c1-3-6-18-17-13(2)11-14-12-15(4-5-16(14)19-17)20-7-9-21-10-8-20/h4-5,11-12H,3,6-10H2,1-2H3,(H,18,19). The molecule has 0 aliphatic carbocycles. The molecule has 1 aliphatic heterocycles. The summed E-state index contributed by atoms with van der Waals surface area (Å²) >= 11 is 0. The summed E-state index contributed by atoms with van der Waals surface area (Å²) in [5, 5.41) is 4.60. The number of rotatable bonds is 4. The Balaban J connectivity index is 1.90. The Morgan fingerprint density at radius 3 is 2.81 bits per heavy atom. The fraction of sp³-hybridized carbons (Fsp3) is 0.471. The van der Waals surface area contributed by atoms with Crippen LogP contribution in [0.1, 0.15) is 18.9 Å². The molecule has 0 unspecified atom stereocenters. The molecule has 1 saturated heterocycles. The number of fused-ring (bicyclic) bond motifs is 1. The molecule has 1 fully saturated rings. The number of nitrogens with zero attached hydrogens (tertiary/aromatic N) is 2. The van der Waals surface area contributed by atoms with Crippen LogP contribution in [-0.4, -0.2) is 37.8 Å². The zero-order valence-corrected chi connectivity index (χ0v) is 12.9. The van der Waals surface area contributed by atoms with Gasteiger partial charge in [0.2, 0.25) is 0 Å². The Bertz CT molecular complexity index is 621. The Kier molecular flexibility index (Phi) is 4.25. The van der Waals surface area contributed by atoms with Gasteiger partial charge in [-0.25, -0.2) is 4.98 Å². The van der Waals surface area contributed by atoms with Crippen molar-refractivity contribution >= 4 is 22.4 Å². The molecular formula is C17H23N3O. The summed E-state index contributed by atoms with van der Waals surface area (Å²) in [6.45, 7) is 8.81. The summed E-state index contributed by atoms with van der Waals surface area (Å²) in [7, 11) is 0. The van der Waals surface area contributed by atoms with Crippen molar-refractivity contribution in [2.24, 2.45) is 0 Å². The molecule has 112 valence electrons. The lowest BCUT2D eigenvalue weighted by atomic mass is 10.1. The van der Waals surface area contributed by atoms with E-state index in [4.69, 9.17) is 9.72 Å². The van der Waals surface area contributed by atoms with Crippen LogP contribution >= 0.6 is 0 Å². The minimum atomic E-state index is 0.815. The molecule has 4 heteroatoms. The van der Waals surface area contributed by atoms with E-state index in [2.05, 4.69) is 48.3 Å². The first-order valence-electron chi connectivity index (χ1n) is 7.76. The first-order chi connectivity index (χ1) is 10.3. The SMILES string of the molecule is CCCNc1nc2ccc(N3CCOCC3)cc2cc1C. The van der Waals surface area contributed by atoms with Gasteiger partial charge in [0.15, 0.2) is 0 Å². The molecule has 2 heterocycles. The van der Waals surface area contributed by atoms with E-state index in [0.717, 1.165) is 50.6 Å². The van der Waals surface area contributed by atoms with Crippen LogP contribution in [0, 0.1) is 6.92 Å². The molecule has 2 aromatic rings. The first kappa shape index (κ1) is 14.1. The number of pyridine rings is 1. The number of nitrogens with one attached hydrogen (secondary N) is 1. The minimum Gasteiger partial charge on any atom is -0.378 e. The lowest BCUT2D eigenvalue weighted by Crippen LogP contribution is -2.36. The summed E-state index contributed by atoms with van der Waals surface area (Å²) in [5.74, 6) is 1.00. The molecule has 1 aliphatic rings. The highest BCUT2D eigenvalue weighted by molar-refractivity contribution is 5.85. The molecule has 4 nitrogen and oxygen atoms in total. The van der Waals surface area contributed by atoms with E-state index in [1.54, 1.807) is 0 Å². The molecule has 1 aromatic carbocycles. The van der Waals surface area contributed by atoms with Crippen LogP contribution in [0.15, 0.2) is 24.3 Å². The zero-order valence-electron chi connectivity index (χ0n) is 12.9. The maximum atomic E-state index is 5.42. The summed E-state index contributed by atoms with van der Waals surface area (Å²) in [6, 6.07) is 8.75. The van der Waals surface area contributed by atoms with Gasteiger partial charge in [0.1, 0.15) is 5.82 Å². The van der Waals surface area contributed by atoms with Gasteiger partial charge in [0.05, 0.1) is 18.7 Å². The van der Waals surface area contributed by atoms with E-state index in [1.807, 2.05) is 0 Å². The van der Waals surface area contributed by atoms with Crippen molar-refractivity contribution in [3.8, 4) is 0 Å². The van der Waals surface area contributed by atoms with Crippen molar-refractivity contribution < 1.29 is 4.74 Å². The highest BCUT2D eigenvalue weighted by Gasteiger charge is 2.12. The van der Waals surface area contributed by atoms with Crippen LogP contribution in [0.5, 0.6) is 0 Å². The third-order valence-electron chi connectivity index (χ3n) is 3.91. The quantitative estimate of drug-likeness (QED) is 0.936. The molecule has 0 radical (unpaired) electrons. The second-order valence-electron chi connectivity index (χ2n) is 5.56. The fourth-order valence-electron chi connectivity index (χ4n) is 2.71. The van der Waals surface area contributed by atoms with Crippen LogP contribution in [-0.2, 0) is 4.74 Å². The van der Waals surface area contributed by atoms with Crippen molar-refractivity contribution in [1.29, 1.82) is 0 Å². The second-order valence-corrected chi connectivity index (χ2v) is 5.56. The number of anilines is 2. The molecule has 0 bridgehead atoms. The van der Waals surface area contributed by atoms with E-state index < -0.39 is 0 Å². The number of hydrogen-bond donors (Lipinski definition) is 1. The lowest BCUT2D eigenvalue weighted by Gasteiger charge is -2.29. The average molecular weight is 285 g/mol. The Morgan fingerprint density at radius 2 is 2.05 bits per heavy atom. The molecule has 0 atom stereocenters. The largest absolute Gasteiger partial charge is 0.378 e. The summed E-state index contributed by atoms with van der Waals surface area (Å²) in [5.41, 5.74) is 3.52. The van der Waals surface area contributed by atoms with Gasteiger partial charge in [-0.05, 0) is 43.2 Å². The highest BCUT2D eigenvalue weighted by atomic mass is 16.5. The van der Waals surface area contributed by atoms with Crippen molar-refractivity contribution in [1.82, 2.24) is 4.98 Å². The van der Waals surface area contributed by atoms with Crippen molar-refractivity contribution in [2.75, 3.05) is 43.1 Å².